The van der Waals surface area contributed by atoms with E-state index in [1.165, 1.54) is 36.5 Å². The number of sulfonamides is 1. The van der Waals surface area contributed by atoms with Crippen molar-refractivity contribution < 1.29 is 47.6 Å². The first kappa shape index (κ1) is 27.8. The van der Waals surface area contributed by atoms with E-state index in [-0.39, 0.29) is 22.6 Å². The summed E-state index contributed by atoms with van der Waals surface area (Å²) < 4.78 is 42.6. The number of hydrogen-bond acceptors (Lipinski definition) is 11. The number of halogens is 1. The molecule has 0 fully saturated rings. The fourth-order valence-electron chi connectivity index (χ4n) is 5.96. The Labute approximate surface area is 230 Å². The van der Waals surface area contributed by atoms with Gasteiger partial charge in [0.05, 0.1) is 17.3 Å². The maximum Gasteiger partial charge on any atom is 0.271 e. The molecular weight excluding hydrogens is 569 g/mol. The van der Waals surface area contributed by atoms with Crippen LogP contribution in [0.15, 0.2) is 50.5 Å². The number of aliphatic hydroxyl groups excluding tert-OH is 2. The van der Waals surface area contributed by atoms with Crippen LogP contribution in [0.3, 0.4) is 0 Å². The van der Waals surface area contributed by atoms with Crippen molar-refractivity contribution in [2.24, 2.45) is 17.6 Å². The zero-order valence-electron chi connectivity index (χ0n) is 21.0. The fourth-order valence-corrected chi connectivity index (χ4v) is 8.01. The molecule has 1 amide bonds. The number of benzene rings is 1. The van der Waals surface area contributed by atoms with Gasteiger partial charge in [-0.2, -0.15) is 0 Å². The molecule has 0 radical (unpaired) electrons. The molecule has 212 valence electrons. The van der Waals surface area contributed by atoms with Crippen LogP contribution in [0, 0.1) is 17.7 Å². The summed E-state index contributed by atoms with van der Waals surface area (Å²) in [5, 5.41) is 46.1. The molecule has 12 nitrogen and oxygen atoms in total. The number of amides is 1. The van der Waals surface area contributed by atoms with E-state index >= 15 is 4.39 Å². The Kier molecular flexibility index (Phi) is 6.33. The van der Waals surface area contributed by atoms with Gasteiger partial charge < -0.3 is 26.2 Å². The van der Waals surface area contributed by atoms with Crippen LogP contribution < -0.4 is 10.5 Å². The normalized spacial score (nSPS) is 26.5. The minimum Gasteiger partial charge on any atom is -0.510 e. The van der Waals surface area contributed by atoms with Crippen LogP contribution >= 0.6 is 11.3 Å². The molecule has 15 heteroatoms. The van der Waals surface area contributed by atoms with E-state index in [9.17, 15) is 43.2 Å². The summed E-state index contributed by atoms with van der Waals surface area (Å²) in [7, 11) is -1.27. The maximum absolute atomic E-state index is 15.4. The lowest BCUT2D eigenvalue weighted by Crippen LogP contribution is -2.63. The number of anilines is 1. The number of nitrogens with one attached hydrogen (secondary N) is 1. The van der Waals surface area contributed by atoms with Crippen LogP contribution in [0.5, 0.6) is 5.75 Å². The van der Waals surface area contributed by atoms with Crippen molar-refractivity contribution in [1.29, 1.82) is 0 Å². The number of thiophene rings is 1. The van der Waals surface area contributed by atoms with Gasteiger partial charge in [0.25, 0.3) is 15.9 Å². The first-order valence-electron chi connectivity index (χ1n) is 11.9. The largest absolute Gasteiger partial charge is 0.510 e. The number of aliphatic hydroxyl groups is 3. The van der Waals surface area contributed by atoms with Crippen LogP contribution in [0.2, 0.25) is 0 Å². The minimum absolute atomic E-state index is 0.134. The maximum atomic E-state index is 15.4. The average Bonchev–Trinajstić information content (AvgIpc) is 3.40. The van der Waals surface area contributed by atoms with Gasteiger partial charge in [-0.05, 0) is 44.3 Å². The van der Waals surface area contributed by atoms with Crippen LogP contribution in [-0.4, -0.2) is 77.0 Å². The molecule has 4 atom stereocenters. The predicted octanol–water partition coefficient (Wildman–Crippen LogP) is 1.12. The summed E-state index contributed by atoms with van der Waals surface area (Å²) in [6.45, 7) is 0. The van der Waals surface area contributed by atoms with Crippen molar-refractivity contribution in [1.82, 2.24) is 4.90 Å². The number of hydrogen-bond donors (Lipinski definition) is 6. The second-order valence-electron chi connectivity index (χ2n) is 10.1. The number of carbonyl (C=O) groups is 3. The molecule has 5 rings (SSSR count). The molecule has 2 aromatic rings. The van der Waals surface area contributed by atoms with Crippen molar-refractivity contribution in [2.75, 3.05) is 18.8 Å². The molecule has 40 heavy (non-hydrogen) atoms. The van der Waals surface area contributed by atoms with Gasteiger partial charge in [0.2, 0.25) is 5.78 Å². The first-order chi connectivity index (χ1) is 18.6. The molecule has 0 aliphatic heterocycles. The molecule has 1 aromatic carbocycles. The van der Waals surface area contributed by atoms with Crippen molar-refractivity contribution in [3.63, 3.8) is 0 Å². The van der Waals surface area contributed by atoms with Crippen molar-refractivity contribution in [3.8, 4) is 5.75 Å². The molecule has 3 aliphatic carbocycles. The number of likely N-dealkylation sites (N-methyl/N-ethyl adjacent to an activating group) is 1. The highest BCUT2D eigenvalue weighted by Gasteiger charge is 2.63. The number of allylic oxidation sites excluding steroid dienone is 1. The number of Topliss-reactive ketones (excluding diaryl/α,β-unsaturated/α-hetero) is 2. The minimum atomic E-state index is -4.25. The molecule has 0 saturated heterocycles. The SMILES string of the molecule is CN(C)[C@@H]1C(O)=C(C(N)=O)C(=O)[C@@]2(O)C(O)=C3C(=O)c4c(O)c(NS(=O)(=O)c5cccs5)cc(F)c4C[C@H]3C[C@@H]12. The number of aromatic hydroxyl groups is 1. The van der Waals surface area contributed by atoms with E-state index in [1.807, 2.05) is 0 Å². The molecule has 0 saturated carbocycles. The summed E-state index contributed by atoms with van der Waals surface area (Å²) in [5.74, 6) is -9.88. The van der Waals surface area contributed by atoms with E-state index in [4.69, 9.17) is 5.73 Å². The zero-order chi connectivity index (χ0) is 29.5. The van der Waals surface area contributed by atoms with E-state index in [1.54, 1.807) is 0 Å². The van der Waals surface area contributed by atoms with Gasteiger partial charge in [0.15, 0.2) is 17.1 Å². The Hall–Kier alpha value is -3.79. The number of phenolic OH excluding ortho intramolecular Hbond substituents is 1. The van der Waals surface area contributed by atoms with Crippen LogP contribution in [0.4, 0.5) is 10.1 Å². The molecule has 1 heterocycles. The summed E-state index contributed by atoms with van der Waals surface area (Å²) in [6, 6.07) is 2.31. The van der Waals surface area contributed by atoms with Gasteiger partial charge in [0.1, 0.15) is 27.1 Å². The highest BCUT2D eigenvalue weighted by Crippen LogP contribution is 2.53. The smallest absolute Gasteiger partial charge is 0.271 e. The number of nitrogens with two attached hydrogens (primary N) is 1. The van der Waals surface area contributed by atoms with Crippen LogP contribution in [0.25, 0.3) is 0 Å². The molecule has 7 N–H and O–H groups in total. The third kappa shape index (κ3) is 3.76. The lowest BCUT2D eigenvalue weighted by molar-refractivity contribution is -0.148. The molecule has 0 bridgehead atoms. The molecule has 3 aliphatic rings. The summed E-state index contributed by atoms with van der Waals surface area (Å²) in [6.07, 6.45) is -0.482. The first-order valence-corrected chi connectivity index (χ1v) is 14.2. The third-order valence-electron chi connectivity index (χ3n) is 7.67. The molecular formula is C25H24FN3O9S2. The van der Waals surface area contributed by atoms with E-state index < -0.39 is 96.5 Å². The van der Waals surface area contributed by atoms with Gasteiger partial charge in [0, 0.05) is 23.1 Å². The van der Waals surface area contributed by atoms with Gasteiger partial charge in [-0.1, -0.05) is 6.07 Å². The van der Waals surface area contributed by atoms with E-state index in [2.05, 4.69) is 4.72 Å². The van der Waals surface area contributed by atoms with Gasteiger partial charge >= 0.3 is 0 Å². The third-order valence-corrected chi connectivity index (χ3v) is 10.4. The Morgan fingerprint density at radius 1 is 1.25 bits per heavy atom. The Balaban J connectivity index is 1.67. The number of nitrogens with zero attached hydrogens (tertiary/aromatic N) is 1. The highest BCUT2D eigenvalue weighted by molar-refractivity contribution is 7.94. The molecule has 0 unspecified atom stereocenters. The Morgan fingerprint density at radius 2 is 1.93 bits per heavy atom. The van der Waals surface area contributed by atoms with Crippen molar-refractivity contribution in [3.05, 3.63) is 63.2 Å². The summed E-state index contributed by atoms with van der Waals surface area (Å²) >= 11 is 0.867. The lowest BCUT2D eigenvalue weighted by atomic mass is 9.58. The number of primary amides is 1. The number of rotatable bonds is 5. The van der Waals surface area contributed by atoms with E-state index in [0.717, 1.165) is 17.4 Å². The number of ketones is 2. The van der Waals surface area contributed by atoms with E-state index in [0.29, 0.717) is 0 Å². The fraction of sp³-hybridized carbons (Fsp3) is 0.320. The van der Waals surface area contributed by atoms with Gasteiger partial charge in [-0.3, -0.25) is 24.0 Å². The Morgan fingerprint density at radius 3 is 2.50 bits per heavy atom. The second kappa shape index (κ2) is 9.12. The topological polar surface area (TPSA) is 208 Å². The zero-order valence-corrected chi connectivity index (χ0v) is 22.6. The number of fused-ring (bicyclic) bond motifs is 3. The molecule has 1 aromatic heterocycles. The lowest BCUT2D eigenvalue weighted by Gasteiger charge is -2.50. The van der Waals surface area contributed by atoms with Crippen LogP contribution in [-0.2, 0) is 26.0 Å². The van der Waals surface area contributed by atoms with Crippen molar-refractivity contribution in [2.45, 2.75) is 28.7 Å². The number of phenols is 1. The molecule has 0 spiro atoms. The quantitative estimate of drug-likeness (QED) is 0.215. The van der Waals surface area contributed by atoms with Crippen molar-refractivity contribution >= 4 is 44.5 Å². The predicted molar refractivity (Wildman–Crippen MR) is 139 cm³/mol. The number of carbonyl (C=O) groups excluding carboxylic acids is 3. The summed E-state index contributed by atoms with van der Waals surface area (Å²) in [5.41, 5.74) is -0.532. The average molecular weight is 594 g/mol. The van der Waals surface area contributed by atoms with Gasteiger partial charge in [-0.15, -0.1) is 11.3 Å². The standard InChI is InChI=1S/C25H24FN3O9S2/c1-29(2)18-11-7-9-6-10-12(26)8-13(28-40(37,38)14-4-3-5-39-14)19(30)16(10)20(31)15(9)22(33)25(11,36)23(34)17(21(18)32)24(27)35/h3-5,8-9,11,18,28,30,32-33,36H,6-7H2,1-2H3,(H2,27,35)/t9-,11-,18-,25-/m0/s1. The summed E-state index contributed by atoms with van der Waals surface area (Å²) in [4.78, 5) is 40.5. The highest BCUT2D eigenvalue weighted by atomic mass is 32.2. The monoisotopic (exact) mass is 593 g/mol. The van der Waals surface area contributed by atoms with Gasteiger partial charge in [-0.25, -0.2) is 12.8 Å². The van der Waals surface area contributed by atoms with Crippen LogP contribution in [0.1, 0.15) is 22.3 Å². The second-order valence-corrected chi connectivity index (χ2v) is 13.0. The Bertz CT molecular complexity index is 1660.